The van der Waals surface area contributed by atoms with E-state index in [2.05, 4.69) is 0 Å². The van der Waals surface area contributed by atoms with Gasteiger partial charge in [0.2, 0.25) is 5.75 Å². The molecule has 0 unspecified atom stereocenters. The number of carbonyl (C=O) groups excluding carboxylic acids is 1. The van der Waals surface area contributed by atoms with Gasteiger partial charge < -0.3 is 18.0 Å². The quantitative estimate of drug-likeness (QED) is 0.242. The van der Waals surface area contributed by atoms with Crippen LogP contribution in [0, 0.1) is 13.8 Å². The lowest BCUT2D eigenvalue weighted by molar-refractivity contribution is 0.0735. The second-order valence-electron chi connectivity index (χ2n) is 6.60. The normalized spacial score (nSPS) is 11.5. The molecule has 28 heavy (non-hydrogen) atoms. The second-order valence-corrected chi connectivity index (χ2v) is 6.60. The fourth-order valence-electron chi connectivity index (χ4n) is 3.32. The first-order chi connectivity index (χ1) is 13.5. The van der Waals surface area contributed by atoms with E-state index in [9.17, 15) is 9.59 Å². The smallest absolute Gasteiger partial charge is 0.343 e. The van der Waals surface area contributed by atoms with Crippen molar-refractivity contribution in [2.45, 2.75) is 13.8 Å². The molecule has 0 saturated carbocycles. The van der Waals surface area contributed by atoms with Crippen molar-refractivity contribution in [3.8, 4) is 5.75 Å². The average Bonchev–Trinajstić information content (AvgIpc) is 3.26. The van der Waals surface area contributed by atoms with Crippen LogP contribution in [0.15, 0.2) is 66.8 Å². The molecular weight excluding hydrogens is 360 g/mol. The largest absolute Gasteiger partial charge is 0.461 e. The van der Waals surface area contributed by atoms with Crippen LogP contribution in [0.3, 0.4) is 0 Å². The number of rotatable bonds is 2. The molecule has 0 spiro atoms. The van der Waals surface area contributed by atoms with Crippen LogP contribution in [0.2, 0.25) is 0 Å². The van der Waals surface area contributed by atoms with Crippen molar-refractivity contribution in [1.29, 1.82) is 0 Å². The Hall–Kier alpha value is -3.80. The van der Waals surface area contributed by atoms with Crippen molar-refractivity contribution >= 4 is 38.9 Å². The van der Waals surface area contributed by atoms with Crippen LogP contribution in [0.5, 0.6) is 5.75 Å². The molecule has 138 valence electrons. The number of carbonyl (C=O) groups is 1. The van der Waals surface area contributed by atoms with Gasteiger partial charge >= 0.3 is 11.6 Å². The third kappa shape index (κ3) is 2.42. The highest BCUT2D eigenvalue weighted by Gasteiger charge is 2.20. The van der Waals surface area contributed by atoms with Gasteiger partial charge in [-0.2, -0.15) is 0 Å². The van der Waals surface area contributed by atoms with Gasteiger partial charge in [0.15, 0.2) is 11.2 Å². The average molecular weight is 374 g/mol. The molecule has 3 heterocycles. The maximum absolute atomic E-state index is 12.9. The molecule has 0 bridgehead atoms. The molecule has 0 aliphatic carbocycles. The number of hydrogen-bond acceptors (Lipinski definition) is 6. The monoisotopic (exact) mass is 374 g/mol. The van der Waals surface area contributed by atoms with Crippen LogP contribution >= 0.6 is 0 Å². The Balaban J connectivity index is 1.65. The Morgan fingerprint density at radius 2 is 1.75 bits per heavy atom. The fourth-order valence-corrected chi connectivity index (χ4v) is 3.32. The molecule has 0 atom stereocenters. The van der Waals surface area contributed by atoms with E-state index in [0.717, 1.165) is 22.1 Å². The third-order valence-corrected chi connectivity index (χ3v) is 4.89. The summed E-state index contributed by atoms with van der Waals surface area (Å²) in [6.07, 6.45) is 1.49. The molecule has 0 N–H and O–H groups in total. The topological polar surface area (TPSA) is 82.8 Å². The summed E-state index contributed by atoms with van der Waals surface area (Å²) in [5.74, 6) is 0.297. The van der Waals surface area contributed by atoms with Gasteiger partial charge in [-0.15, -0.1) is 0 Å². The van der Waals surface area contributed by atoms with E-state index in [1.807, 2.05) is 13.8 Å². The van der Waals surface area contributed by atoms with Gasteiger partial charge in [-0.3, -0.25) is 0 Å². The highest BCUT2D eigenvalue weighted by Crippen LogP contribution is 2.35. The molecule has 0 saturated heterocycles. The number of hydrogen-bond donors (Lipinski definition) is 0. The minimum Gasteiger partial charge on any atom is -0.461 e. The van der Waals surface area contributed by atoms with Crippen molar-refractivity contribution in [1.82, 2.24) is 0 Å². The van der Waals surface area contributed by atoms with Gasteiger partial charge in [0, 0.05) is 22.2 Å². The molecule has 5 aromatic rings. The lowest BCUT2D eigenvalue weighted by Crippen LogP contribution is -2.09. The summed E-state index contributed by atoms with van der Waals surface area (Å²) >= 11 is 0. The zero-order valence-electron chi connectivity index (χ0n) is 15.1. The first kappa shape index (κ1) is 16.4. The predicted molar refractivity (Wildman–Crippen MR) is 103 cm³/mol. The number of esters is 1. The van der Waals surface area contributed by atoms with Crippen molar-refractivity contribution in [2.75, 3.05) is 0 Å². The van der Waals surface area contributed by atoms with Gasteiger partial charge in [0.05, 0.1) is 11.8 Å². The Morgan fingerprint density at radius 1 is 0.929 bits per heavy atom. The van der Waals surface area contributed by atoms with Crippen molar-refractivity contribution in [2.24, 2.45) is 0 Å². The minimum absolute atomic E-state index is 0.0837. The Labute approximate surface area is 157 Å². The SMILES string of the molecule is Cc1oc2ccc(C(=O)Oc3c4occc4cc4ccc(=O)oc34)cc2c1C. The van der Waals surface area contributed by atoms with E-state index in [-0.39, 0.29) is 11.3 Å². The molecule has 0 radical (unpaired) electrons. The number of furan rings is 2. The van der Waals surface area contributed by atoms with E-state index < -0.39 is 11.6 Å². The maximum Gasteiger partial charge on any atom is 0.343 e. The van der Waals surface area contributed by atoms with Gasteiger partial charge in [0.25, 0.3) is 0 Å². The number of fused-ring (bicyclic) bond motifs is 3. The third-order valence-electron chi connectivity index (χ3n) is 4.89. The number of benzene rings is 2. The van der Waals surface area contributed by atoms with Crippen LogP contribution in [0.4, 0.5) is 0 Å². The van der Waals surface area contributed by atoms with Crippen molar-refractivity contribution in [3.63, 3.8) is 0 Å². The summed E-state index contributed by atoms with van der Waals surface area (Å²) in [7, 11) is 0. The summed E-state index contributed by atoms with van der Waals surface area (Å²) in [6.45, 7) is 3.81. The van der Waals surface area contributed by atoms with Gasteiger partial charge in [0.1, 0.15) is 11.3 Å². The van der Waals surface area contributed by atoms with Crippen LogP contribution in [-0.4, -0.2) is 5.97 Å². The summed E-state index contributed by atoms with van der Waals surface area (Å²) in [5, 5.41) is 2.22. The summed E-state index contributed by atoms with van der Waals surface area (Å²) in [6, 6.07) is 11.6. The molecule has 5 rings (SSSR count). The van der Waals surface area contributed by atoms with E-state index in [0.29, 0.717) is 22.1 Å². The van der Waals surface area contributed by atoms with E-state index in [1.165, 1.54) is 12.3 Å². The molecule has 0 amide bonds. The predicted octanol–water partition coefficient (Wildman–Crippen LogP) is 5.12. The first-order valence-corrected chi connectivity index (χ1v) is 8.67. The lowest BCUT2D eigenvalue weighted by Gasteiger charge is -2.08. The lowest BCUT2D eigenvalue weighted by atomic mass is 10.1. The van der Waals surface area contributed by atoms with Crippen LogP contribution in [0.1, 0.15) is 21.7 Å². The Morgan fingerprint density at radius 3 is 2.61 bits per heavy atom. The zero-order chi connectivity index (χ0) is 19.4. The van der Waals surface area contributed by atoms with Crippen LogP contribution in [-0.2, 0) is 0 Å². The van der Waals surface area contributed by atoms with E-state index in [4.69, 9.17) is 18.0 Å². The van der Waals surface area contributed by atoms with Crippen LogP contribution in [0.25, 0.3) is 32.9 Å². The second kappa shape index (κ2) is 5.85. The molecule has 6 nitrogen and oxygen atoms in total. The van der Waals surface area contributed by atoms with Crippen molar-refractivity contribution in [3.05, 3.63) is 76.0 Å². The molecule has 0 aliphatic rings. The first-order valence-electron chi connectivity index (χ1n) is 8.67. The van der Waals surface area contributed by atoms with Gasteiger partial charge in [-0.1, -0.05) is 0 Å². The van der Waals surface area contributed by atoms with Gasteiger partial charge in [-0.05, 0) is 55.8 Å². The summed E-state index contributed by atoms with van der Waals surface area (Å²) < 4.78 is 22.1. The van der Waals surface area contributed by atoms with Crippen LogP contribution < -0.4 is 10.4 Å². The summed E-state index contributed by atoms with van der Waals surface area (Å²) in [5.41, 5.74) is 1.99. The Kier molecular flexibility index (Phi) is 3.42. The fraction of sp³-hybridized carbons (Fsp3) is 0.0909. The molecule has 0 fully saturated rings. The van der Waals surface area contributed by atoms with E-state index >= 15 is 0 Å². The van der Waals surface area contributed by atoms with Gasteiger partial charge in [-0.25, -0.2) is 9.59 Å². The highest BCUT2D eigenvalue weighted by molar-refractivity contribution is 6.04. The van der Waals surface area contributed by atoms with E-state index in [1.54, 1.807) is 36.4 Å². The standard InChI is InChI=1S/C22H14O6/c1-11-12(2)26-17-5-3-15(10-16(11)17)22(24)28-21-19-14(7-8-25-19)9-13-4-6-18(23)27-20(13)21/h3-10H,1-2H3. The number of ether oxygens (including phenoxy) is 1. The summed E-state index contributed by atoms with van der Waals surface area (Å²) in [4.78, 5) is 24.6. The molecule has 2 aromatic carbocycles. The molecular formula is C22H14O6. The van der Waals surface area contributed by atoms with Crippen molar-refractivity contribution < 1.29 is 22.8 Å². The molecule has 0 aliphatic heterocycles. The molecule has 3 aromatic heterocycles. The maximum atomic E-state index is 12.9. The highest BCUT2D eigenvalue weighted by atomic mass is 16.5. The zero-order valence-corrected chi connectivity index (χ0v) is 15.1. The minimum atomic E-state index is -0.586. The number of aryl methyl sites for hydroxylation is 2. The Bertz CT molecular complexity index is 1450. The molecule has 6 heteroatoms.